The zero-order valence-electron chi connectivity index (χ0n) is 14.2. The molecule has 1 heterocycles. The number of halogens is 1. The molecule has 1 N–H and O–H groups in total. The Labute approximate surface area is 161 Å². The average Bonchev–Trinajstić information content (AvgIpc) is 3.19. The zero-order chi connectivity index (χ0) is 18.6. The van der Waals surface area contributed by atoms with E-state index >= 15 is 0 Å². The van der Waals surface area contributed by atoms with E-state index in [0.717, 1.165) is 11.3 Å². The monoisotopic (exact) mass is 374 g/mol. The molecule has 4 aromatic rings. The summed E-state index contributed by atoms with van der Waals surface area (Å²) in [5, 5.41) is 11.8. The van der Waals surface area contributed by atoms with E-state index in [-0.39, 0.29) is 5.91 Å². The Balaban J connectivity index is 1.65. The number of aromatic nitrogens is 3. The van der Waals surface area contributed by atoms with Gasteiger partial charge in [-0.2, -0.15) is 0 Å². The van der Waals surface area contributed by atoms with E-state index in [9.17, 15) is 4.79 Å². The van der Waals surface area contributed by atoms with Crippen LogP contribution in [0, 0.1) is 0 Å². The fraction of sp³-hybridized carbons (Fsp3) is 0. The van der Waals surface area contributed by atoms with Crippen molar-refractivity contribution in [1.82, 2.24) is 15.0 Å². The second-order valence-electron chi connectivity index (χ2n) is 5.87. The van der Waals surface area contributed by atoms with Crippen LogP contribution in [0.25, 0.3) is 16.9 Å². The van der Waals surface area contributed by atoms with Crippen LogP contribution in [-0.2, 0) is 0 Å². The molecule has 1 aromatic heterocycles. The molecule has 0 fully saturated rings. The van der Waals surface area contributed by atoms with Crippen LogP contribution >= 0.6 is 11.6 Å². The Hall–Kier alpha value is -3.44. The Morgan fingerprint density at radius 1 is 0.889 bits per heavy atom. The molecule has 0 saturated heterocycles. The molecule has 1 amide bonds. The molecule has 4 rings (SSSR count). The van der Waals surface area contributed by atoms with E-state index in [1.54, 1.807) is 28.9 Å². The number of para-hydroxylation sites is 2. The van der Waals surface area contributed by atoms with Gasteiger partial charge in [0.05, 0.1) is 28.2 Å². The largest absolute Gasteiger partial charge is 0.320 e. The molecule has 132 valence electrons. The maximum atomic E-state index is 12.6. The zero-order valence-corrected chi connectivity index (χ0v) is 15.0. The lowest BCUT2D eigenvalue weighted by atomic mass is 10.2. The predicted molar refractivity (Wildman–Crippen MR) is 106 cm³/mol. The molecule has 0 aliphatic rings. The quantitative estimate of drug-likeness (QED) is 0.556. The van der Waals surface area contributed by atoms with E-state index in [0.29, 0.717) is 22.0 Å². The van der Waals surface area contributed by atoms with Crippen LogP contribution in [0.1, 0.15) is 10.4 Å². The molecule has 0 atom stereocenters. The fourth-order valence-corrected chi connectivity index (χ4v) is 2.96. The summed E-state index contributed by atoms with van der Waals surface area (Å²) in [4.78, 5) is 12.6. The number of carbonyl (C=O) groups is 1. The summed E-state index contributed by atoms with van der Waals surface area (Å²) < 4.78 is 1.64. The standard InChI is InChI=1S/C21H15ClN4O/c22-17-11-5-4-10-16(17)21(27)23-18-12-6-7-13-20(18)26-14-19(24-25-26)15-8-2-1-3-9-15/h1-14H,(H,23,27). The molecule has 0 spiro atoms. The molecule has 0 saturated carbocycles. The lowest BCUT2D eigenvalue weighted by molar-refractivity contribution is 0.102. The smallest absolute Gasteiger partial charge is 0.257 e. The average molecular weight is 375 g/mol. The van der Waals surface area contributed by atoms with Gasteiger partial charge in [0.2, 0.25) is 0 Å². The summed E-state index contributed by atoms with van der Waals surface area (Å²) in [6.45, 7) is 0. The summed E-state index contributed by atoms with van der Waals surface area (Å²) in [7, 11) is 0. The van der Waals surface area contributed by atoms with Crippen molar-refractivity contribution in [1.29, 1.82) is 0 Å². The van der Waals surface area contributed by atoms with Crippen molar-refractivity contribution in [2.24, 2.45) is 0 Å². The predicted octanol–water partition coefficient (Wildman–Crippen LogP) is 4.84. The van der Waals surface area contributed by atoms with Crippen molar-refractivity contribution in [2.75, 3.05) is 5.32 Å². The number of nitrogens with one attached hydrogen (secondary N) is 1. The minimum absolute atomic E-state index is 0.281. The van der Waals surface area contributed by atoms with Gasteiger partial charge in [-0.3, -0.25) is 4.79 Å². The number of benzene rings is 3. The first-order chi connectivity index (χ1) is 13.2. The number of carbonyl (C=O) groups excluding carboxylic acids is 1. The first kappa shape index (κ1) is 17.0. The summed E-state index contributed by atoms with van der Waals surface area (Å²) in [5.74, 6) is -0.281. The normalized spacial score (nSPS) is 10.6. The molecular formula is C21H15ClN4O. The van der Waals surface area contributed by atoms with Gasteiger partial charge in [-0.1, -0.05) is 71.4 Å². The van der Waals surface area contributed by atoms with Crippen LogP contribution in [0.5, 0.6) is 0 Å². The van der Waals surface area contributed by atoms with Crippen LogP contribution in [0.3, 0.4) is 0 Å². The number of nitrogens with zero attached hydrogens (tertiary/aromatic N) is 3. The van der Waals surface area contributed by atoms with E-state index in [2.05, 4.69) is 15.6 Å². The maximum absolute atomic E-state index is 12.6. The second kappa shape index (κ2) is 7.43. The van der Waals surface area contributed by atoms with Crippen LogP contribution in [0.4, 0.5) is 5.69 Å². The van der Waals surface area contributed by atoms with Crippen molar-refractivity contribution in [2.45, 2.75) is 0 Å². The summed E-state index contributed by atoms with van der Waals surface area (Å²) >= 11 is 6.12. The number of rotatable bonds is 4. The minimum Gasteiger partial charge on any atom is -0.320 e. The highest BCUT2D eigenvalue weighted by atomic mass is 35.5. The maximum Gasteiger partial charge on any atom is 0.257 e. The molecule has 6 heteroatoms. The van der Waals surface area contributed by atoms with Crippen molar-refractivity contribution in [3.63, 3.8) is 0 Å². The SMILES string of the molecule is O=C(Nc1ccccc1-n1cc(-c2ccccc2)nn1)c1ccccc1Cl. The van der Waals surface area contributed by atoms with Crippen molar-refractivity contribution in [3.05, 3.63) is 95.6 Å². The number of hydrogen-bond acceptors (Lipinski definition) is 3. The van der Waals surface area contributed by atoms with Gasteiger partial charge in [-0.15, -0.1) is 5.10 Å². The van der Waals surface area contributed by atoms with Gasteiger partial charge in [0.1, 0.15) is 5.69 Å². The topological polar surface area (TPSA) is 59.8 Å². The molecular weight excluding hydrogens is 360 g/mol. The highest BCUT2D eigenvalue weighted by Gasteiger charge is 2.14. The number of amides is 1. The Morgan fingerprint density at radius 2 is 1.59 bits per heavy atom. The molecule has 0 aliphatic carbocycles. The van der Waals surface area contributed by atoms with Gasteiger partial charge in [0, 0.05) is 5.56 Å². The van der Waals surface area contributed by atoms with Crippen molar-refractivity contribution in [3.8, 4) is 16.9 Å². The summed E-state index contributed by atoms with van der Waals surface area (Å²) in [6, 6.07) is 24.1. The lowest BCUT2D eigenvalue weighted by Crippen LogP contribution is -2.14. The van der Waals surface area contributed by atoms with Gasteiger partial charge in [-0.05, 0) is 24.3 Å². The second-order valence-corrected chi connectivity index (χ2v) is 6.27. The third-order valence-corrected chi connectivity index (χ3v) is 4.41. The Morgan fingerprint density at radius 3 is 2.41 bits per heavy atom. The highest BCUT2D eigenvalue weighted by Crippen LogP contribution is 2.24. The third kappa shape index (κ3) is 3.59. The van der Waals surface area contributed by atoms with Gasteiger partial charge < -0.3 is 5.32 Å². The molecule has 27 heavy (non-hydrogen) atoms. The molecule has 0 unspecified atom stereocenters. The third-order valence-electron chi connectivity index (χ3n) is 4.08. The molecule has 0 aliphatic heterocycles. The van der Waals surface area contributed by atoms with Crippen LogP contribution in [0.2, 0.25) is 5.02 Å². The number of hydrogen-bond donors (Lipinski definition) is 1. The van der Waals surface area contributed by atoms with E-state index in [1.807, 2.05) is 60.8 Å². The Kier molecular flexibility index (Phi) is 4.68. The molecule has 3 aromatic carbocycles. The van der Waals surface area contributed by atoms with E-state index < -0.39 is 0 Å². The summed E-state index contributed by atoms with van der Waals surface area (Å²) in [6.07, 6.45) is 1.83. The molecule has 5 nitrogen and oxygen atoms in total. The van der Waals surface area contributed by atoms with Gasteiger partial charge in [0.15, 0.2) is 0 Å². The lowest BCUT2D eigenvalue weighted by Gasteiger charge is -2.11. The fourth-order valence-electron chi connectivity index (χ4n) is 2.74. The van der Waals surface area contributed by atoms with Gasteiger partial charge >= 0.3 is 0 Å². The first-order valence-electron chi connectivity index (χ1n) is 8.35. The van der Waals surface area contributed by atoms with Crippen LogP contribution < -0.4 is 5.32 Å². The number of anilines is 1. The van der Waals surface area contributed by atoms with Crippen LogP contribution in [0.15, 0.2) is 85.1 Å². The van der Waals surface area contributed by atoms with Gasteiger partial charge in [0.25, 0.3) is 5.91 Å². The van der Waals surface area contributed by atoms with Crippen LogP contribution in [-0.4, -0.2) is 20.9 Å². The molecule has 0 radical (unpaired) electrons. The van der Waals surface area contributed by atoms with Gasteiger partial charge in [-0.25, -0.2) is 4.68 Å². The van der Waals surface area contributed by atoms with E-state index in [4.69, 9.17) is 11.6 Å². The minimum atomic E-state index is -0.281. The first-order valence-corrected chi connectivity index (χ1v) is 8.73. The summed E-state index contributed by atoms with van der Waals surface area (Å²) in [5.41, 5.74) is 3.47. The van der Waals surface area contributed by atoms with Crippen molar-refractivity contribution >= 4 is 23.2 Å². The van der Waals surface area contributed by atoms with Crippen molar-refractivity contribution < 1.29 is 4.79 Å². The molecule has 0 bridgehead atoms. The van der Waals surface area contributed by atoms with E-state index in [1.165, 1.54) is 0 Å². The Bertz CT molecular complexity index is 1090. The highest BCUT2D eigenvalue weighted by molar-refractivity contribution is 6.34.